The van der Waals surface area contributed by atoms with Crippen molar-refractivity contribution in [3.05, 3.63) is 29.0 Å². The van der Waals surface area contributed by atoms with Gasteiger partial charge in [-0.1, -0.05) is 6.08 Å². The van der Waals surface area contributed by atoms with Crippen molar-refractivity contribution in [2.45, 2.75) is 71.1 Å². The van der Waals surface area contributed by atoms with E-state index in [1.165, 1.54) is 0 Å². The lowest BCUT2D eigenvalue weighted by molar-refractivity contribution is 0.00578. The van der Waals surface area contributed by atoms with Crippen LogP contribution in [0.2, 0.25) is 0 Å². The summed E-state index contributed by atoms with van der Waals surface area (Å²) in [5.74, 6) is 0.0948. The maximum Gasteiger partial charge on any atom is 0.490 e. The molecule has 1 fully saturated rings. The van der Waals surface area contributed by atoms with E-state index in [0.717, 1.165) is 49.0 Å². The number of carbonyl (C=O) groups excluding carboxylic acids is 1. The Morgan fingerprint density at radius 3 is 2.50 bits per heavy atom. The molecule has 140 valence electrons. The molecule has 4 heterocycles. The second-order valence-corrected chi connectivity index (χ2v) is 8.55. The minimum atomic E-state index is -0.331. The summed E-state index contributed by atoms with van der Waals surface area (Å²) in [6, 6.07) is 0. The number of nitrogens with zero attached hydrogens (tertiary/aromatic N) is 3. The van der Waals surface area contributed by atoms with Crippen LogP contribution in [-0.2, 0) is 22.3 Å². The minimum absolute atomic E-state index is 0.0948. The lowest BCUT2D eigenvalue weighted by atomic mass is 9.74. The van der Waals surface area contributed by atoms with Gasteiger partial charge in [-0.15, -0.1) is 0 Å². The summed E-state index contributed by atoms with van der Waals surface area (Å²) in [6.07, 6.45) is 7.86. The number of hydrogen-bond donors (Lipinski definition) is 0. The van der Waals surface area contributed by atoms with Gasteiger partial charge in [0.05, 0.1) is 28.7 Å². The Hall–Kier alpha value is -1.60. The number of fused-ring (bicyclic) bond motifs is 1. The number of aryl methyl sites for hydroxylation is 1. The highest BCUT2D eigenvalue weighted by molar-refractivity contribution is 6.54. The summed E-state index contributed by atoms with van der Waals surface area (Å²) >= 11 is 0. The van der Waals surface area contributed by atoms with Gasteiger partial charge >= 0.3 is 7.12 Å². The number of rotatable bonds is 2. The summed E-state index contributed by atoms with van der Waals surface area (Å²) in [4.78, 5) is 14.9. The first-order valence-electron chi connectivity index (χ1n) is 9.67. The SMILES string of the molecule is CC1(C)OB(C2=CCN(C(=O)c3cnn4c3CCCC4)CC2)OC1(C)C. The third-order valence-electron chi connectivity index (χ3n) is 6.30. The van der Waals surface area contributed by atoms with Crippen molar-refractivity contribution in [2.24, 2.45) is 0 Å². The number of aromatic nitrogens is 2. The molecule has 26 heavy (non-hydrogen) atoms. The molecule has 1 aromatic rings. The third kappa shape index (κ3) is 2.91. The van der Waals surface area contributed by atoms with Gasteiger partial charge < -0.3 is 14.2 Å². The third-order valence-corrected chi connectivity index (χ3v) is 6.30. The standard InChI is InChI=1S/C19H28BN3O3/c1-18(2)19(3,4)26-20(25-18)14-8-11-22(12-9-14)17(24)15-13-21-23-10-6-5-7-16(15)23/h8,13H,5-7,9-12H2,1-4H3. The summed E-state index contributed by atoms with van der Waals surface area (Å²) in [5, 5.41) is 4.40. The van der Waals surface area contributed by atoms with Gasteiger partial charge in [-0.3, -0.25) is 9.48 Å². The first kappa shape index (κ1) is 17.8. The van der Waals surface area contributed by atoms with Crippen molar-refractivity contribution in [3.8, 4) is 0 Å². The first-order chi connectivity index (χ1) is 12.3. The number of amides is 1. The van der Waals surface area contributed by atoms with Crippen LogP contribution in [0.25, 0.3) is 0 Å². The lowest BCUT2D eigenvalue weighted by Crippen LogP contribution is -2.41. The van der Waals surface area contributed by atoms with Crippen LogP contribution in [0, 0.1) is 0 Å². The maximum atomic E-state index is 12.9. The van der Waals surface area contributed by atoms with Crippen molar-refractivity contribution in [1.29, 1.82) is 0 Å². The van der Waals surface area contributed by atoms with Crippen LogP contribution < -0.4 is 0 Å². The fraction of sp³-hybridized carbons (Fsp3) is 0.684. The fourth-order valence-electron chi connectivity index (χ4n) is 3.85. The second-order valence-electron chi connectivity index (χ2n) is 8.55. The monoisotopic (exact) mass is 357 g/mol. The summed E-state index contributed by atoms with van der Waals surface area (Å²) in [6.45, 7) is 10.5. The molecule has 1 aromatic heterocycles. The Labute approximate surface area is 155 Å². The number of hydrogen-bond acceptors (Lipinski definition) is 4. The van der Waals surface area contributed by atoms with E-state index in [1.54, 1.807) is 6.20 Å². The molecule has 0 N–H and O–H groups in total. The molecule has 3 aliphatic rings. The predicted octanol–water partition coefficient (Wildman–Crippen LogP) is 2.62. The Bertz CT molecular complexity index is 737. The zero-order valence-corrected chi connectivity index (χ0v) is 16.2. The van der Waals surface area contributed by atoms with Crippen molar-refractivity contribution >= 4 is 13.0 Å². The molecule has 0 radical (unpaired) electrons. The van der Waals surface area contributed by atoms with Crippen LogP contribution in [0.15, 0.2) is 17.7 Å². The van der Waals surface area contributed by atoms with Gasteiger partial charge in [0, 0.05) is 19.6 Å². The molecular weight excluding hydrogens is 329 g/mol. The molecule has 0 saturated carbocycles. The van der Waals surface area contributed by atoms with Gasteiger partial charge in [-0.2, -0.15) is 5.10 Å². The van der Waals surface area contributed by atoms with Crippen LogP contribution in [-0.4, -0.2) is 52.0 Å². The summed E-state index contributed by atoms with van der Waals surface area (Å²) in [5.41, 5.74) is 2.36. The quantitative estimate of drug-likeness (QED) is 0.764. The van der Waals surface area contributed by atoms with E-state index in [-0.39, 0.29) is 24.2 Å². The van der Waals surface area contributed by atoms with Crippen molar-refractivity contribution in [3.63, 3.8) is 0 Å². The van der Waals surface area contributed by atoms with Gasteiger partial charge in [0.1, 0.15) is 0 Å². The minimum Gasteiger partial charge on any atom is -0.400 e. The zero-order valence-electron chi connectivity index (χ0n) is 16.2. The van der Waals surface area contributed by atoms with Gasteiger partial charge in [-0.25, -0.2) is 0 Å². The van der Waals surface area contributed by atoms with Crippen LogP contribution in [0.5, 0.6) is 0 Å². The highest BCUT2D eigenvalue weighted by Crippen LogP contribution is 2.39. The topological polar surface area (TPSA) is 56.6 Å². The van der Waals surface area contributed by atoms with Crippen LogP contribution in [0.3, 0.4) is 0 Å². The molecule has 4 rings (SSSR count). The molecule has 0 bridgehead atoms. The fourth-order valence-corrected chi connectivity index (χ4v) is 3.85. The van der Waals surface area contributed by atoms with Crippen molar-refractivity contribution in [1.82, 2.24) is 14.7 Å². The van der Waals surface area contributed by atoms with E-state index >= 15 is 0 Å². The molecule has 0 aliphatic carbocycles. The van der Waals surface area contributed by atoms with E-state index in [4.69, 9.17) is 9.31 Å². The van der Waals surface area contributed by atoms with Gasteiger partial charge in [0.2, 0.25) is 0 Å². The van der Waals surface area contributed by atoms with E-state index in [2.05, 4.69) is 38.9 Å². The highest BCUT2D eigenvalue weighted by Gasteiger charge is 2.52. The number of carbonyl (C=O) groups is 1. The van der Waals surface area contributed by atoms with Crippen molar-refractivity contribution in [2.75, 3.05) is 13.1 Å². The predicted molar refractivity (Wildman–Crippen MR) is 99.9 cm³/mol. The molecule has 0 spiro atoms. The van der Waals surface area contributed by atoms with E-state index in [9.17, 15) is 4.79 Å². The smallest absolute Gasteiger partial charge is 0.400 e. The van der Waals surface area contributed by atoms with Gasteiger partial charge in [0.15, 0.2) is 0 Å². The van der Waals surface area contributed by atoms with E-state index in [1.807, 2.05) is 9.58 Å². The molecule has 0 aromatic carbocycles. The lowest BCUT2D eigenvalue weighted by Gasteiger charge is -2.32. The van der Waals surface area contributed by atoms with E-state index < -0.39 is 0 Å². The Morgan fingerprint density at radius 1 is 1.12 bits per heavy atom. The average Bonchev–Trinajstić information content (AvgIpc) is 3.13. The Kier molecular flexibility index (Phi) is 4.27. The Morgan fingerprint density at radius 2 is 1.85 bits per heavy atom. The Balaban J connectivity index is 1.45. The second kappa shape index (κ2) is 6.24. The van der Waals surface area contributed by atoms with Crippen LogP contribution in [0.4, 0.5) is 0 Å². The van der Waals surface area contributed by atoms with Crippen LogP contribution >= 0.6 is 0 Å². The largest absolute Gasteiger partial charge is 0.490 e. The van der Waals surface area contributed by atoms with Gasteiger partial charge in [0.25, 0.3) is 5.91 Å². The van der Waals surface area contributed by atoms with Crippen molar-refractivity contribution < 1.29 is 14.1 Å². The van der Waals surface area contributed by atoms with Gasteiger partial charge in [-0.05, 0) is 58.9 Å². The average molecular weight is 357 g/mol. The maximum absolute atomic E-state index is 12.9. The zero-order chi connectivity index (χ0) is 18.5. The molecule has 7 heteroatoms. The molecule has 6 nitrogen and oxygen atoms in total. The molecule has 1 saturated heterocycles. The molecule has 1 amide bonds. The summed E-state index contributed by atoms with van der Waals surface area (Å²) in [7, 11) is -0.304. The van der Waals surface area contributed by atoms with Crippen LogP contribution in [0.1, 0.15) is 63.0 Å². The molecule has 3 aliphatic heterocycles. The molecular formula is C19H28BN3O3. The summed E-state index contributed by atoms with van der Waals surface area (Å²) < 4.78 is 14.3. The molecule has 0 atom stereocenters. The van der Waals surface area contributed by atoms with E-state index in [0.29, 0.717) is 13.1 Å². The highest BCUT2D eigenvalue weighted by atomic mass is 16.7. The first-order valence-corrected chi connectivity index (χ1v) is 9.67. The normalized spacial score (nSPS) is 24.4. The molecule has 0 unspecified atom stereocenters.